The highest BCUT2D eigenvalue weighted by Crippen LogP contribution is 2.33. The number of amides is 2. The highest BCUT2D eigenvalue weighted by Gasteiger charge is 2.42. The van der Waals surface area contributed by atoms with Crippen LogP contribution < -0.4 is 10.6 Å². The molecule has 2 saturated heterocycles. The summed E-state index contributed by atoms with van der Waals surface area (Å²) in [5, 5.41) is 6.08. The molecule has 0 spiro atoms. The van der Waals surface area contributed by atoms with E-state index in [0.717, 1.165) is 25.0 Å². The third-order valence-corrected chi connectivity index (χ3v) is 4.75. The molecule has 98 valence electrons. The van der Waals surface area contributed by atoms with Gasteiger partial charge in [0, 0.05) is 17.4 Å². The summed E-state index contributed by atoms with van der Waals surface area (Å²) in [7, 11) is 0. The summed E-state index contributed by atoms with van der Waals surface area (Å²) in [6, 6.07) is 0.512. The highest BCUT2D eigenvalue weighted by molar-refractivity contribution is 8.00. The molecule has 2 rings (SSSR count). The lowest BCUT2D eigenvalue weighted by molar-refractivity contribution is -0.111. The Bertz CT molecular complexity index is 301. The maximum Gasteiger partial charge on any atom is 0.315 e. The van der Waals surface area contributed by atoms with Gasteiger partial charge in [0.2, 0.25) is 5.24 Å². The first-order valence-electron chi connectivity index (χ1n) is 5.54. The van der Waals surface area contributed by atoms with Crippen molar-refractivity contribution in [2.45, 2.75) is 50.4 Å². The molecule has 0 aromatic heterocycles. The fourth-order valence-corrected chi connectivity index (χ4v) is 3.93. The van der Waals surface area contributed by atoms with Crippen LogP contribution in [-0.2, 0) is 4.79 Å². The topological polar surface area (TPSA) is 58.2 Å². The Morgan fingerprint density at radius 2 is 2.18 bits per heavy atom. The Morgan fingerprint density at radius 1 is 1.41 bits per heavy atom. The van der Waals surface area contributed by atoms with Gasteiger partial charge in [-0.05, 0) is 24.4 Å². The van der Waals surface area contributed by atoms with Gasteiger partial charge >= 0.3 is 6.03 Å². The number of rotatable bonds is 5. The molecule has 17 heavy (non-hydrogen) atoms. The number of carbonyl (C=O) groups excluding carboxylic acids is 2. The van der Waals surface area contributed by atoms with Crippen LogP contribution >= 0.6 is 23.4 Å². The van der Waals surface area contributed by atoms with E-state index in [-0.39, 0.29) is 30.8 Å². The molecule has 3 unspecified atom stereocenters. The van der Waals surface area contributed by atoms with E-state index in [2.05, 4.69) is 10.6 Å². The van der Waals surface area contributed by atoms with Gasteiger partial charge in [-0.2, -0.15) is 11.8 Å². The summed E-state index contributed by atoms with van der Waals surface area (Å²) in [5.74, 6) is 0.989. The van der Waals surface area contributed by atoms with Crippen molar-refractivity contribution < 1.29 is 9.59 Å². The summed E-state index contributed by atoms with van der Waals surface area (Å²) in [6.45, 7) is 0. The summed E-state index contributed by atoms with van der Waals surface area (Å²) in [4.78, 5) is 21.7. The first kappa shape index (κ1) is 14.6. The molecule has 0 aromatic carbocycles. The molecule has 2 heterocycles. The number of fused-ring (bicyclic) bond motifs is 1. The van der Waals surface area contributed by atoms with E-state index in [1.54, 1.807) is 0 Å². The van der Waals surface area contributed by atoms with E-state index >= 15 is 0 Å². The van der Waals surface area contributed by atoms with Crippen molar-refractivity contribution in [1.29, 1.82) is 0 Å². The monoisotopic (exact) mass is 278 g/mol. The van der Waals surface area contributed by atoms with Crippen LogP contribution in [0.2, 0.25) is 0 Å². The summed E-state index contributed by atoms with van der Waals surface area (Å²) in [6.07, 6.45) is 3.34. The zero-order valence-corrected chi connectivity index (χ0v) is 10.4. The van der Waals surface area contributed by atoms with Gasteiger partial charge in [0.1, 0.15) is 0 Å². The lowest BCUT2D eigenvalue weighted by atomic mass is 10.0. The molecule has 0 bridgehead atoms. The zero-order chi connectivity index (χ0) is 11.5. The average molecular weight is 279 g/mol. The van der Waals surface area contributed by atoms with Crippen LogP contribution in [0.15, 0.2) is 0 Å². The van der Waals surface area contributed by atoms with E-state index in [4.69, 9.17) is 11.6 Å². The Balaban J connectivity index is 0.00000144. The van der Waals surface area contributed by atoms with Crippen LogP contribution in [0.5, 0.6) is 0 Å². The third-order valence-electron chi connectivity index (χ3n) is 3.05. The van der Waals surface area contributed by atoms with Gasteiger partial charge in [-0.1, -0.05) is 13.8 Å². The number of halogens is 1. The molecule has 0 aromatic rings. The maximum atomic E-state index is 11.1. The third kappa shape index (κ3) is 3.78. The van der Waals surface area contributed by atoms with Gasteiger partial charge in [0.05, 0.1) is 12.1 Å². The van der Waals surface area contributed by atoms with E-state index < -0.39 is 0 Å². The van der Waals surface area contributed by atoms with E-state index in [9.17, 15) is 9.59 Å². The first-order valence-corrected chi connectivity index (χ1v) is 6.96. The zero-order valence-electron chi connectivity index (χ0n) is 8.87. The number of nitrogens with one attached hydrogen (secondary N) is 2. The maximum absolute atomic E-state index is 11.1. The molecule has 2 aliphatic heterocycles. The van der Waals surface area contributed by atoms with Gasteiger partial charge < -0.3 is 10.6 Å². The normalized spacial score (nSPS) is 30.2. The molecule has 0 aliphatic carbocycles. The van der Waals surface area contributed by atoms with E-state index in [1.807, 2.05) is 11.8 Å². The Morgan fingerprint density at radius 3 is 2.88 bits per heavy atom. The molecule has 2 aliphatic rings. The minimum absolute atomic E-state index is 0. The predicted octanol–water partition coefficient (Wildman–Crippen LogP) is 2.11. The van der Waals surface area contributed by atoms with Gasteiger partial charge in [-0.15, -0.1) is 0 Å². The van der Waals surface area contributed by atoms with E-state index in [0.29, 0.717) is 11.7 Å². The number of thioether (sulfide) groups is 1. The van der Waals surface area contributed by atoms with Crippen molar-refractivity contribution in [3.8, 4) is 0 Å². The molecule has 6 heteroatoms. The number of hydrogen-bond donors (Lipinski definition) is 2. The smallest absolute Gasteiger partial charge is 0.315 e. The predicted molar refractivity (Wildman–Crippen MR) is 71.5 cm³/mol. The number of carbonyl (C=O) groups is 2. The minimum atomic E-state index is -0.257. The average Bonchev–Trinajstić information content (AvgIpc) is 2.72. The Kier molecular flexibility index (Phi) is 5.59. The molecular weight excluding hydrogens is 260 g/mol. The van der Waals surface area contributed by atoms with Crippen molar-refractivity contribution in [2.75, 3.05) is 5.75 Å². The van der Waals surface area contributed by atoms with Gasteiger partial charge in [-0.25, -0.2) is 4.79 Å². The molecule has 4 nitrogen and oxygen atoms in total. The standard InChI is InChI=1S/C10H15ClN2O2S.CH4/c11-8(14)4-2-1-3-7-9-6(5-16-7)12-10(15)13-9;/h6-7,9H,1-5H2,(H2,12,13,15);1H4. The van der Waals surface area contributed by atoms with Crippen molar-refractivity contribution in [3.63, 3.8) is 0 Å². The van der Waals surface area contributed by atoms with Crippen molar-refractivity contribution >= 4 is 34.6 Å². The number of unbranched alkanes of at least 4 members (excludes halogenated alkanes) is 1. The van der Waals surface area contributed by atoms with Gasteiger partial charge in [-0.3, -0.25) is 4.79 Å². The minimum Gasteiger partial charge on any atom is -0.332 e. The molecule has 2 N–H and O–H groups in total. The van der Waals surface area contributed by atoms with Crippen molar-refractivity contribution in [1.82, 2.24) is 10.6 Å². The second kappa shape index (κ2) is 6.50. The van der Waals surface area contributed by atoms with Crippen LogP contribution in [0.25, 0.3) is 0 Å². The van der Waals surface area contributed by atoms with Crippen LogP contribution in [0.1, 0.15) is 33.1 Å². The first-order chi connectivity index (χ1) is 7.66. The van der Waals surface area contributed by atoms with E-state index in [1.165, 1.54) is 0 Å². The fourth-order valence-electron chi connectivity index (χ4n) is 2.25. The SMILES string of the molecule is C.O=C(Cl)CCCCC1SCC2NC(=O)NC21. The Labute approximate surface area is 111 Å². The Hall–Kier alpha value is -0.420. The van der Waals surface area contributed by atoms with Crippen LogP contribution in [0, 0.1) is 0 Å². The highest BCUT2D eigenvalue weighted by atomic mass is 35.5. The molecule has 3 atom stereocenters. The summed E-state index contributed by atoms with van der Waals surface area (Å²) in [5.41, 5.74) is 0. The lowest BCUT2D eigenvalue weighted by Gasteiger charge is -2.16. The van der Waals surface area contributed by atoms with Gasteiger partial charge in [0.15, 0.2) is 0 Å². The quantitative estimate of drug-likeness (QED) is 0.460. The van der Waals surface area contributed by atoms with Crippen LogP contribution in [-0.4, -0.2) is 34.4 Å². The second-order valence-electron chi connectivity index (χ2n) is 4.22. The lowest BCUT2D eigenvalue weighted by Crippen LogP contribution is -2.36. The summed E-state index contributed by atoms with van der Waals surface area (Å²) >= 11 is 7.17. The second-order valence-corrected chi connectivity index (χ2v) is 5.92. The van der Waals surface area contributed by atoms with Crippen molar-refractivity contribution in [2.24, 2.45) is 0 Å². The largest absolute Gasteiger partial charge is 0.332 e. The molecule has 0 radical (unpaired) electrons. The summed E-state index contributed by atoms with van der Waals surface area (Å²) < 4.78 is 0. The molecule has 2 fully saturated rings. The number of urea groups is 1. The van der Waals surface area contributed by atoms with Gasteiger partial charge in [0.25, 0.3) is 0 Å². The number of hydrogen-bond acceptors (Lipinski definition) is 3. The van der Waals surface area contributed by atoms with Crippen LogP contribution in [0.4, 0.5) is 4.79 Å². The molecular formula is C11H19ClN2O2S. The fraction of sp³-hybridized carbons (Fsp3) is 0.818. The van der Waals surface area contributed by atoms with Crippen molar-refractivity contribution in [3.05, 3.63) is 0 Å². The van der Waals surface area contributed by atoms with Crippen LogP contribution in [0.3, 0.4) is 0 Å². The molecule has 2 amide bonds. The molecule has 0 saturated carbocycles.